The zero-order valence-corrected chi connectivity index (χ0v) is 13.5. The highest BCUT2D eigenvalue weighted by Gasteiger charge is 2.32. The molecule has 3 unspecified atom stereocenters. The van der Waals surface area contributed by atoms with Gasteiger partial charge in [0.2, 0.25) is 0 Å². The van der Waals surface area contributed by atoms with E-state index < -0.39 is 0 Å². The number of aryl methyl sites for hydroxylation is 1. The molecule has 19 heavy (non-hydrogen) atoms. The summed E-state index contributed by atoms with van der Waals surface area (Å²) in [5.74, 6) is 1.40. The second kappa shape index (κ2) is 6.12. The highest BCUT2D eigenvalue weighted by atomic mass is 79.9. The summed E-state index contributed by atoms with van der Waals surface area (Å²) < 4.78 is 2.95. The Bertz CT molecular complexity index is 455. The zero-order valence-electron chi connectivity index (χ0n) is 11.9. The van der Waals surface area contributed by atoms with Crippen molar-refractivity contribution >= 4 is 21.8 Å². The predicted molar refractivity (Wildman–Crippen MR) is 81.2 cm³/mol. The Morgan fingerprint density at radius 1 is 1.47 bits per heavy atom. The van der Waals surface area contributed by atoms with Gasteiger partial charge in [-0.2, -0.15) is 0 Å². The molecule has 1 N–H and O–H groups in total. The minimum atomic E-state index is 0.0566. The number of nitrogens with zero attached hydrogens (tertiary/aromatic N) is 1. The molecule has 106 valence electrons. The topological polar surface area (TPSA) is 34.0 Å². The van der Waals surface area contributed by atoms with Gasteiger partial charge in [0.1, 0.15) is 5.69 Å². The first-order valence-corrected chi connectivity index (χ1v) is 8.02. The van der Waals surface area contributed by atoms with Crippen molar-refractivity contribution in [2.45, 2.75) is 52.6 Å². The van der Waals surface area contributed by atoms with Crippen molar-refractivity contribution in [1.82, 2.24) is 9.88 Å². The molecular weight excluding hydrogens is 304 g/mol. The second-order valence-electron chi connectivity index (χ2n) is 5.51. The Morgan fingerprint density at radius 2 is 2.21 bits per heavy atom. The van der Waals surface area contributed by atoms with Crippen LogP contribution in [0.4, 0.5) is 0 Å². The van der Waals surface area contributed by atoms with Gasteiger partial charge in [-0.1, -0.05) is 20.3 Å². The van der Waals surface area contributed by atoms with Crippen molar-refractivity contribution in [2.75, 3.05) is 0 Å². The highest BCUT2D eigenvalue weighted by Crippen LogP contribution is 2.34. The normalized spacial score (nSPS) is 26.6. The van der Waals surface area contributed by atoms with Gasteiger partial charge in [-0.3, -0.25) is 4.79 Å². The molecule has 3 atom stereocenters. The van der Waals surface area contributed by atoms with Gasteiger partial charge in [-0.25, -0.2) is 0 Å². The Hall–Kier alpha value is -0.770. The molecule has 0 radical (unpaired) electrons. The highest BCUT2D eigenvalue weighted by molar-refractivity contribution is 9.10. The third-order valence-electron chi connectivity index (χ3n) is 4.50. The van der Waals surface area contributed by atoms with Crippen LogP contribution < -0.4 is 5.32 Å². The van der Waals surface area contributed by atoms with Crippen molar-refractivity contribution < 1.29 is 4.79 Å². The van der Waals surface area contributed by atoms with E-state index in [9.17, 15) is 4.79 Å². The number of rotatable bonds is 4. The van der Waals surface area contributed by atoms with E-state index in [2.05, 4.69) is 42.0 Å². The molecule has 0 saturated heterocycles. The van der Waals surface area contributed by atoms with Crippen LogP contribution in [-0.2, 0) is 6.54 Å². The number of aromatic nitrogens is 1. The van der Waals surface area contributed by atoms with E-state index in [4.69, 9.17) is 0 Å². The first-order valence-electron chi connectivity index (χ1n) is 7.23. The van der Waals surface area contributed by atoms with Gasteiger partial charge in [0.25, 0.3) is 5.91 Å². The first kappa shape index (κ1) is 14.6. The predicted octanol–water partition coefficient (Wildman–Crippen LogP) is 3.83. The maximum absolute atomic E-state index is 12.4. The van der Waals surface area contributed by atoms with Crippen LogP contribution in [0.15, 0.2) is 16.7 Å². The van der Waals surface area contributed by atoms with Crippen molar-refractivity contribution in [3.63, 3.8) is 0 Å². The fraction of sp³-hybridized carbons (Fsp3) is 0.667. The summed E-state index contributed by atoms with van der Waals surface area (Å²) in [5, 5.41) is 3.22. The van der Waals surface area contributed by atoms with Gasteiger partial charge in [0.05, 0.1) is 0 Å². The van der Waals surface area contributed by atoms with Crippen LogP contribution in [0.5, 0.6) is 0 Å². The lowest BCUT2D eigenvalue weighted by Gasteiger charge is -2.21. The minimum absolute atomic E-state index is 0.0566. The molecule has 0 spiro atoms. The molecule has 1 aliphatic rings. The van der Waals surface area contributed by atoms with Gasteiger partial charge in [0, 0.05) is 23.3 Å². The zero-order chi connectivity index (χ0) is 14.0. The molecule has 1 fully saturated rings. The van der Waals surface area contributed by atoms with E-state index in [-0.39, 0.29) is 5.91 Å². The Balaban J connectivity index is 2.05. The first-order chi connectivity index (χ1) is 9.06. The third-order valence-corrected chi connectivity index (χ3v) is 4.94. The molecular formula is C15H23BrN2O. The monoisotopic (exact) mass is 326 g/mol. The fourth-order valence-electron chi connectivity index (χ4n) is 3.20. The molecule has 0 aromatic carbocycles. The maximum atomic E-state index is 12.4. The number of hydrogen-bond donors (Lipinski definition) is 1. The Morgan fingerprint density at radius 3 is 2.79 bits per heavy atom. The molecule has 3 nitrogen and oxygen atoms in total. The number of carbonyl (C=O) groups excluding carboxylic acids is 1. The summed E-state index contributed by atoms with van der Waals surface area (Å²) >= 11 is 3.44. The number of halogens is 1. The van der Waals surface area contributed by atoms with Crippen LogP contribution in [0.25, 0.3) is 0 Å². The van der Waals surface area contributed by atoms with E-state index in [0.29, 0.717) is 12.0 Å². The number of amides is 1. The van der Waals surface area contributed by atoms with Crippen molar-refractivity contribution in [3.8, 4) is 0 Å². The van der Waals surface area contributed by atoms with Gasteiger partial charge in [-0.15, -0.1) is 0 Å². The van der Waals surface area contributed by atoms with Crippen LogP contribution >= 0.6 is 15.9 Å². The molecule has 2 rings (SSSR count). The molecule has 1 aromatic heterocycles. The molecule has 1 amide bonds. The summed E-state index contributed by atoms with van der Waals surface area (Å²) in [4.78, 5) is 12.4. The molecule has 1 aliphatic carbocycles. The van der Waals surface area contributed by atoms with Crippen LogP contribution in [0.1, 0.15) is 50.5 Å². The lowest BCUT2D eigenvalue weighted by Crippen LogP contribution is -2.38. The van der Waals surface area contributed by atoms with E-state index in [1.165, 1.54) is 12.8 Å². The maximum Gasteiger partial charge on any atom is 0.268 e. The summed E-state index contributed by atoms with van der Waals surface area (Å²) in [5.41, 5.74) is 0.751. The summed E-state index contributed by atoms with van der Waals surface area (Å²) in [6.07, 6.45) is 5.52. The summed E-state index contributed by atoms with van der Waals surface area (Å²) in [7, 11) is 0. The Labute approximate surface area is 123 Å². The van der Waals surface area contributed by atoms with E-state index in [1.807, 2.05) is 16.8 Å². The van der Waals surface area contributed by atoms with E-state index in [0.717, 1.165) is 29.1 Å². The quantitative estimate of drug-likeness (QED) is 0.896. The molecule has 4 heteroatoms. The second-order valence-corrected chi connectivity index (χ2v) is 6.43. The molecule has 1 saturated carbocycles. The SMILES string of the molecule is CCC1CCC(NC(=O)c2cc(Br)cn2CC)C1C. The van der Waals surface area contributed by atoms with E-state index >= 15 is 0 Å². The van der Waals surface area contributed by atoms with Crippen molar-refractivity contribution in [1.29, 1.82) is 0 Å². The number of hydrogen-bond acceptors (Lipinski definition) is 1. The summed E-state index contributed by atoms with van der Waals surface area (Å²) in [6.45, 7) is 7.37. The molecule has 0 bridgehead atoms. The smallest absolute Gasteiger partial charge is 0.268 e. The lowest BCUT2D eigenvalue weighted by atomic mass is 9.93. The van der Waals surface area contributed by atoms with Crippen LogP contribution in [-0.4, -0.2) is 16.5 Å². The largest absolute Gasteiger partial charge is 0.348 e. The van der Waals surface area contributed by atoms with Gasteiger partial charge in [0.15, 0.2) is 0 Å². The van der Waals surface area contributed by atoms with Crippen LogP contribution in [0.2, 0.25) is 0 Å². The standard InChI is InChI=1S/C15H23BrN2O/c1-4-11-6-7-13(10(11)3)17-15(19)14-8-12(16)9-18(14)5-2/h8-11,13H,4-7H2,1-3H3,(H,17,19). The average Bonchev–Trinajstić information content (AvgIpc) is 2.93. The Kier molecular flexibility index (Phi) is 4.71. The molecule has 1 heterocycles. The van der Waals surface area contributed by atoms with Crippen molar-refractivity contribution in [2.24, 2.45) is 11.8 Å². The fourth-order valence-corrected chi connectivity index (χ4v) is 3.66. The molecule has 0 aliphatic heterocycles. The van der Waals surface area contributed by atoms with Gasteiger partial charge >= 0.3 is 0 Å². The number of nitrogens with one attached hydrogen (secondary N) is 1. The molecule has 1 aromatic rings. The summed E-state index contributed by atoms with van der Waals surface area (Å²) in [6, 6.07) is 2.23. The van der Waals surface area contributed by atoms with Gasteiger partial charge in [-0.05, 0) is 53.6 Å². The third kappa shape index (κ3) is 3.04. The minimum Gasteiger partial charge on any atom is -0.348 e. The average molecular weight is 327 g/mol. The van der Waals surface area contributed by atoms with E-state index in [1.54, 1.807) is 0 Å². The van der Waals surface area contributed by atoms with Crippen molar-refractivity contribution in [3.05, 3.63) is 22.4 Å². The lowest BCUT2D eigenvalue weighted by molar-refractivity contribution is 0.0917. The number of carbonyl (C=O) groups is 1. The van der Waals surface area contributed by atoms with Crippen LogP contribution in [0.3, 0.4) is 0 Å². The van der Waals surface area contributed by atoms with Crippen LogP contribution in [0, 0.1) is 11.8 Å². The van der Waals surface area contributed by atoms with Gasteiger partial charge < -0.3 is 9.88 Å².